The van der Waals surface area contributed by atoms with Crippen LogP contribution in [-0.2, 0) is 11.2 Å². The average molecular weight is 435 g/mol. The molecule has 2 aromatic carbocycles. The number of aromatic amines is 1. The molecular formula is C25H27FN4O2. The highest BCUT2D eigenvalue weighted by Gasteiger charge is 2.32. The minimum atomic E-state index is -0.338. The summed E-state index contributed by atoms with van der Waals surface area (Å²) in [6.45, 7) is 4.09. The molecule has 0 aliphatic carbocycles. The topological polar surface area (TPSA) is 69.3 Å². The van der Waals surface area contributed by atoms with Crippen LogP contribution in [-0.4, -0.2) is 57.8 Å². The maximum Gasteiger partial charge on any atom is 0.271 e. The molecule has 1 fully saturated rings. The average Bonchev–Trinajstić information content (AvgIpc) is 3.30. The molecule has 1 atom stereocenters. The highest BCUT2D eigenvalue weighted by Crippen LogP contribution is 2.24. The van der Waals surface area contributed by atoms with Gasteiger partial charge in [-0.15, -0.1) is 0 Å². The van der Waals surface area contributed by atoms with E-state index in [2.05, 4.69) is 9.97 Å². The summed E-state index contributed by atoms with van der Waals surface area (Å²) in [5.41, 5.74) is 2.75. The molecular weight excluding hydrogens is 407 g/mol. The van der Waals surface area contributed by atoms with Crippen LogP contribution in [0.5, 0.6) is 0 Å². The van der Waals surface area contributed by atoms with Crippen molar-refractivity contribution in [3.63, 3.8) is 0 Å². The second kappa shape index (κ2) is 9.77. The third-order valence-corrected chi connectivity index (χ3v) is 5.87. The predicted molar refractivity (Wildman–Crippen MR) is 120 cm³/mol. The van der Waals surface area contributed by atoms with E-state index >= 15 is 0 Å². The van der Waals surface area contributed by atoms with Gasteiger partial charge < -0.3 is 14.8 Å². The second-order valence-corrected chi connectivity index (χ2v) is 8.12. The summed E-state index contributed by atoms with van der Waals surface area (Å²) >= 11 is 0. The first-order chi connectivity index (χ1) is 15.6. The van der Waals surface area contributed by atoms with Crippen molar-refractivity contribution < 1.29 is 14.0 Å². The number of halogens is 1. The molecule has 32 heavy (non-hydrogen) atoms. The van der Waals surface area contributed by atoms with E-state index in [1.54, 1.807) is 17.0 Å². The molecule has 1 unspecified atom stereocenters. The number of rotatable bonds is 6. The van der Waals surface area contributed by atoms with Crippen molar-refractivity contribution in [3.8, 4) is 11.1 Å². The van der Waals surface area contributed by atoms with E-state index < -0.39 is 0 Å². The Labute approximate surface area is 187 Å². The van der Waals surface area contributed by atoms with E-state index in [4.69, 9.17) is 0 Å². The van der Waals surface area contributed by atoms with Gasteiger partial charge in [-0.2, -0.15) is 0 Å². The highest BCUT2D eigenvalue weighted by molar-refractivity contribution is 5.93. The maximum atomic E-state index is 14.1. The Morgan fingerprint density at radius 2 is 1.94 bits per heavy atom. The number of aromatic nitrogens is 2. The zero-order chi connectivity index (χ0) is 22.5. The van der Waals surface area contributed by atoms with Gasteiger partial charge in [-0.05, 0) is 30.0 Å². The van der Waals surface area contributed by atoms with Gasteiger partial charge in [-0.25, -0.2) is 9.37 Å². The van der Waals surface area contributed by atoms with Crippen molar-refractivity contribution in [2.75, 3.05) is 26.2 Å². The Balaban J connectivity index is 1.54. The third kappa shape index (κ3) is 4.72. The molecule has 2 heterocycles. The molecule has 1 aromatic heterocycles. The van der Waals surface area contributed by atoms with Gasteiger partial charge in [0.25, 0.3) is 5.91 Å². The number of benzene rings is 2. The highest BCUT2D eigenvalue weighted by atomic mass is 19.1. The first kappa shape index (κ1) is 21.7. The van der Waals surface area contributed by atoms with Crippen LogP contribution >= 0.6 is 0 Å². The van der Waals surface area contributed by atoms with E-state index in [0.29, 0.717) is 43.9 Å². The normalized spacial score (nSPS) is 16.8. The molecule has 1 saturated heterocycles. The largest absolute Gasteiger partial charge is 0.341 e. The molecule has 3 aromatic rings. The number of H-pyrrole nitrogens is 1. The fourth-order valence-electron chi connectivity index (χ4n) is 4.22. The lowest BCUT2D eigenvalue weighted by atomic mass is 9.95. The van der Waals surface area contributed by atoms with E-state index in [1.165, 1.54) is 18.6 Å². The van der Waals surface area contributed by atoms with Crippen molar-refractivity contribution in [2.45, 2.75) is 19.8 Å². The summed E-state index contributed by atoms with van der Waals surface area (Å²) < 4.78 is 14.1. The van der Waals surface area contributed by atoms with Crippen LogP contribution in [0.3, 0.4) is 0 Å². The van der Waals surface area contributed by atoms with Gasteiger partial charge >= 0.3 is 0 Å². The summed E-state index contributed by atoms with van der Waals surface area (Å²) in [6, 6.07) is 14.3. The number of carbonyl (C=O) groups is 2. The number of nitrogens with zero attached hydrogens (tertiary/aromatic N) is 3. The standard InChI is InChI=1S/C25H27FN4O2/c1-2-11-29-12-13-30(25(32)23-15-27-17-28-23)16-20(24(29)31)14-18-7-9-19(10-8-18)21-5-3-4-6-22(21)26/h3-10,15,17,20H,2,11-14,16H2,1H3,(H,27,28). The fraction of sp³-hybridized carbons (Fsp3) is 0.320. The van der Waals surface area contributed by atoms with Crippen LogP contribution in [0.2, 0.25) is 0 Å². The van der Waals surface area contributed by atoms with Gasteiger partial charge in [0, 0.05) is 31.7 Å². The van der Waals surface area contributed by atoms with Gasteiger partial charge in [-0.1, -0.05) is 49.4 Å². The Kier molecular flexibility index (Phi) is 6.63. The van der Waals surface area contributed by atoms with Crippen molar-refractivity contribution in [1.29, 1.82) is 0 Å². The zero-order valence-corrected chi connectivity index (χ0v) is 18.1. The summed E-state index contributed by atoms with van der Waals surface area (Å²) in [5.74, 6) is -0.670. The number of carbonyl (C=O) groups excluding carboxylic acids is 2. The van der Waals surface area contributed by atoms with E-state index in [9.17, 15) is 14.0 Å². The van der Waals surface area contributed by atoms with Crippen LogP contribution < -0.4 is 0 Å². The Morgan fingerprint density at radius 1 is 1.16 bits per heavy atom. The lowest BCUT2D eigenvalue weighted by molar-refractivity contribution is -0.134. The zero-order valence-electron chi connectivity index (χ0n) is 18.1. The molecule has 1 aliphatic rings. The summed E-state index contributed by atoms with van der Waals surface area (Å²) in [6.07, 6.45) is 4.37. The van der Waals surface area contributed by atoms with Crippen molar-refractivity contribution in [3.05, 3.63) is 78.1 Å². The Morgan fingerprint density at radius 3 is 2.62 bits per heavy atom. The number of imidazole rings is 1. The third-order valence-electron chi connectivity index (χ3n) is 5.87. The van der Waals surface area contributed by atoms with Crippen LogP contribution in [0.1, 0.15) is 29.4 Å². The van der Waals surface area contributed by atoms with Crippen molar-refractivity contribution in [2.24, 2.45) is 5.92 Å². The van der Waals surface area contributed by atoms with Gasteiger partial charge in [0.05, 0.1) is 18.4 Å². The molecule has 6 nitrogen and oxygen atoms in total. The number of hydrogen-bond acceptors (Lipinski definition) is 3. The van der Waals surface area contributed by atoms with Gasteiger partial charge in [0.15, 0.2) is 0 Å². The van der Waals surface area contributed by atoms with Crippen LogP contribution in [0.4, 0.5) is 4.39 Å². The van der Waals surface area contributed by atoms with Gasteiger partial charge in [0.1, 0.15) is 11.5 Å². The molecule has 1 aliphatic heterocycles. The first-order valence-corrected chi connectivity index (χ1v) is 11.0. The molecule has 166 valence electrons. The van der Waals surface area contributed by atoms with Crippen LogP contribution in [0.15, 0.2) is 61.1 Å². The van der Waals surface area contributed by atoms with Crippen molar-refractivity contribution >= 4 is 11.8 Å². The summed E-state index contributed by atoms with van der Waals surface area (Å²) in [7, 11) is 0. The minimum Gasteiger partial charge on any atom is -0.341 e. The lowest BCUT2D eigenvalue weighted by Crippen LogP contribution is -2.38. The monoisotopic (exact) mass is 434 g/mol. The van der Waals surface area contributed by atoms with Gasteiger partial charge in [-0.3, -0.25) is 9.59 Å². The first-order valence-electron chi connectivity index (χ1n) is 11.0. The molecule has 0 saturated carbocycles. The van der Waals surface area contributed by atoms with E-state index in [-0.39, 0.29) is 23.5 Å². The number of amides is 2. The number of hydrogen-bond donors (Lipinski definition) is 1. The molecule has 7 heteroatoms. The molecule has 1 N–H and O–H groups in total. The summed E-state index contributed by atoms with van der Waals surface area (Å²) in [5, 5.41) is 0. The molecule has 4 rings (SSSR count). The maximum absolute atomic E-state index is 14.1. The van der Waals surface area contributed by atoms with Gasteiger partial charge in [0.2, 0.25) is 5.91 Å². The lowest BCUT2D eigenvalue weighted by Gasteiger charge is -2.23. The fourth-order valence-corrected chi connectivity index (χ4v) is 4.22. The summed E-state index contributed by atoms with van der Waals surface area (Å²) in [4.78, 5) is 36.5. The minimum absolute atomic E-state index is 0.0740. The Bertz CT molecular complexity index is 1070. The molecule has 2 amide bonds. The molecule has 0 radical (unpaired) electrons. The van der Waals surface area contributed by atoms with Crippen molar-refractivity contribution in [1.82, 2.24) is 19.8 Å². The van der Waals surface area contributed by atoms with E-state index in [0.717, 1.165) is 17.5 Å². The number of nitrogens with one attached hydrogen (secondary N) is 1. The smallest absolute Gasteiger partial charge is 0.271 e. The predicted octanol–water partition coefficient (Wildman–Crippen LogP) is 3.77. The van der Waals surface area contributed by atoms with Crippen LogP contribution in [0, 0.1) is 11.7 Å². The van der Waals surface area contributed by atoms with E-state index in [1.807, 2.05) is 42.2 Å². The SMILES string of the molecule is CCCN1CCN(C(=O)c2cnc[nH]2)CC(Cc2ccc(-c3ccccc3F)cc2)C1=O. The Hall–Kier alpha value is -3.48. The second-order valence-electron chi connectivity index (χ2n) is 8.12. The van der Waals surface area contributed by atoms with Crippen LogP contribution in [0.25, 0.3) is 11.1 Å². The quantitative estimate of drug-likeness (QED) is 0.642. The molecule has 0 spiro atoms. The molecule has 0 bridgehead atoms.